The van der Waals surface area contributed by atoms with Gasteiger partial charge in [-0.15, -0.1) is 6.58 Å². The zero-order valence-electron chi connectivity index (χ0n) is 8.96. The topological polar surface area (TPSA) is 26.0 Å². The third-order valence-electron chi connectivity index (χ3n) is 2.26. The highest BCUT2D eigenvalue weighted by Crippen LogP contribution is 2.09. The standard InChI is InChI=1S/C12H19NO/c1-3-4-5-6-7-8-9-12-10-11(2)13-14-12/h3,10H,1,4-9H2,2H3. The molecule has 0 atom stereocenters. The molecule has 0 radical (unpaired) electrons. The van der Waals surface area contributed by atoms with E-state index in [-0.39, 0.29) is 0 Å². The fraction of sp³-hybridized carbons (Fsp3) is 0.583. The molecule has 2 heteroatoms. The molecule has 0 saturated heterocycles. The van der Waals surface area contributed by atoms with Gasteiger partial charge in [0.15, 0.2) is 0 Å². The average Bonchev–Trinajstić information content (AvgIpc) is 2.58. The summed E-state index contributed by atoms with van der Waals surface area (Å²) in [6.07, 6.45) is 9.17. The van der Waals surface area contributed by atoms with Crippen molar-refractivity contribution in [3.63, 3.8) is 0 Å². The number of unbranched alkanes of at least 4 members (excludes halogenated alkanes) is 4. The molecule has 0 aromatic carbocycles. The van der Waals surface area contributed by atoms with Crippen molar-refractivity contribution < 1.29 is 4.52 Å². The highest BCUT2D eigenvalue weighted by atomic mass is 16.5. The van der Waals surface area contributed by atoms with Gasteiger partial charge in [-0.25, -0.2) is 0 Å². The van der Waals surface area contributed by atoms with E-state index in [0.29, 0.717) is 0 Å². The smallest absolute Gasteiger partial charge is 0.136 e. The molecule has 14 heavy (non-hydrogen) atoms. The lowest BCUT2D eigenvalue weighted by Crippen LogP contribution is -1.83. The maximum absolute atomic E-state index is 5.13. The summed E-state index contributed by atoms with van der Waals surface area (Å²) in [4.78, 5) is 0. The van der Waals surface area contributed by atoms with Crippen molar-refractivity contribution in [1.82, 2.24) is 5.16 Å². The van der Waals surface area contributed by atoms with E-state index < -0.39 is 0 Å². The second kappa shape index (κ2) is 6.41. The zero-order chi connectivity index (χ0) is 10.2. The summed E-state index contributed by atoms with van der Waals surface area (Å²) in [5, 5.41) is 3.86. The van der Waals surface area contributed by atoms with Crippen molar-refractivity contribution in [2.24, 2.45) is 0 Å². The van der Waals surface area contributed by atoms with Gasteiger partial charge < -0.3 is 4.52 Å². The van der Waals surface area contributed by atoms with Gasteiger partial charge in [0, 0.05) is 12.5 Å². The fourth-order valence-corrected chi connectivity index (χ4v) is 1.48. The molecule has 0 aliphatic rings. The number of hydrogen-bond acceptors (Lipinski definition) is 2. The molecule has 0 unspecified atom stereocenters. The highest BCUT2D eigenvalue weighted by molar-refractivity contribution is 5.02. The summed E-state index contributed by atoms with van der Waals surface area (Å²) < 4.78 is 5.13. The van der Waals surface area contributed by atoms with Crippen molar-refractivity contribution in [3.05, 3.63) is 30.2 Å². The lowest BCUT2D eigenvalue weighted by atomic mass is 10.1. The summed E-state index contributed by atoms with van der Waals surface area (Å²) in [7, 11) is 0. The Balaban J connectivity index is 2.01. The van der Waals surface area contributed by atoms with Crippen molar-refractivity contribution in [2.75, 3.05) is 0 Å². The van der Waals surface area contributed by atoms with Gasteiger partial charge in [0.25, 0.3) is 0 Å². The number of allylic oxidation sites excluding steroid dienone is 1. The van der Waals surface area contributed by atoms with E-state index >= 15 is 0 Å². The molecule has 0 aliphatic heterocycles. The Morgan fingerprint density at radius 1 is 1.36 bits per heavy atom. The Bertz CT molecular complexity index is 265. The van der Waals surface area contributed by atoms with Gasteiger partial charge in [-0.05, 0) is 26.2 Å². The summed E-state index contributed by atoms with van der Waals surface area (Å²) in [5.74, 6) is 1.02. The van der Waals surface area contributed by atoms with Crippen molar-refractivity contribution in [1.29, 1.82) is 0 Å². The average molecular weight is 193 g/mol. The fourth-order valence-electron chi connectivity index (χ4n) is 1.48. The van der Waals surface area contributed by atoms with Gasteiger partial charge in [-0.2, -0.15) is 0 Å². The molecule has 0 fully saturated rings. The summed E-state index contributed by atoms with van der Waals surface area (Å²) >= 11 is 0. The Labute approximate surface area is 86.0 Å². The number of aromatic nitrogens is 1. The maximum atomic E-state index is 5.13. The number of aryl methyl sites for hydroxylation is 2. The van der Waals surface area contributed by atoms with E-state index in [0.717, 1.165) is 24.3 Å². The van der Waals surface area contributed by atoms with Crippen molar-refractivity contribution in [3.8, 4) is 0 Å². The van der Waals surface area contributed by atoms with Crippen LogP contribution in [0.3, 0.4) is 0 Å². The lowest BCUT2D eigenvalue weighted by Gasteiger charge is -1.96. The van der Waals surface area contributed by atoms with Gasteiger partial charge in [0.1, 0.15) is 5.76 Å². The van der Waals surface area contributed by atoms with E-state index in [9.17, 15) is 0 Å². The minimum absolute atomic E-state index is 0.978. The number of hydrogen-bond donors (Lipinski definition) is 0. The molecule has 78 valence electrons. The molecule has 0 spiro atoms. The first kappa shape index (κ1) is 11.0. The third-order valence-corrected chi connectivity index (χ3v) is 2.26. The van der Waals surface area contributed by atoms with Crippen LogP contribution in [0.1, 0.15) is 43.6 Å². The van der Waals surface area contributed by atoms with Crippen LogP contribution < -0.4 is 0 Å². The zero-order valence-corrected chi connectivity index (χ0v) is 8.96. The van der Waals surface area contributed by atoms with Crippen LogP contribution in [0.5, 0.6) is 0 Å². The minimum Gasteiger partial charge on any atom is -0.361 e. The second-order valence-electron chi connectivity index (χ2n) is 3.68. The molecule has 0 bridgehead atoms. The Hall–Kier alpha value is -1.05. The molecule has 1 aromatic rings. The molecule has 0 amide bonds. The predicted molar refractivity (Wildman–Crippen MR) is 58.2 cm³/mol. The number of nitrogens with zero attached hydrogens (tertiary/aromatic N) is 1. The van der Waals surface area contributed by atoms with E-state index in [4.69, 9.17) is 4.52 Å². The Morgan fingerprint density at radius 3 is 2.79 bits per heavy atom. The van der Waals surface area contributed by atoms with Gasteiger partial charge in [-0.1, -0.05) is 24.1 Å². The molecule has 0 N–H and O–H groups in total. The maximum Gasteiger partial charge on any atom is 0.136 e. The highest BCUT2D eigenvalue weighted by Gasteiger charge is 1.99. The predicted octanol–water partition coefficient (Wildman–Crippen LogP) is 3.66. The first-order valence-corrected chi connectivity index (χ1v) is 5.36. The SMILES string of the molecule is C=CCCCCCCc1cc(C)no1. The number of rotatable bonds is 7. The van der Waals surface area contributed by atoms with Crippen molar-refractivity contribution >= 4 is 0 Å². The second-order valence-corrected chi connectivity index (χ2v) is 3.68. The normalized spacial score (nSPS) is 10.4. The largest absolute Gasteiger partial charge is 0.361 e. The van der Waals surface area contributed by atoms with Crippen LogP contribution in [-0.4, -0.2) is 5.16 Å². The van der Waals surface area contributed by atoms with Crippen LogP contribution in [0.2, 0.25) is 0 Å². The van der Waals surface area contributed by atoms with Crippen LogP contribution in [0.25, 0.3) is 0 Å². The van der Waals surface area contributed by atoms with Crippen LogP contribution in [0.4, 0.5) is 0 Å². The van der Waals surface area contributed by atoms with E-state index in [1.807, 2.05) is 19.1 Å². The first-order valence-electron chi connectivity index (χ1n) is 5.36. The Kier molecular flexibility index (Phi) is 5.05. The van der Waals surface area contributed by atoms with Crippen LogP contribution in [-0.2, 0) is 6.42 Å². The lowest BCUT2D eigenvalue weighted by molar-refractivity contribution is 0.375. The van der Waals surface area contributed by atoms with Crippen LogP contribution in [0, 0.1) is 6.92 Å². The van der Waals surface area contributed by atoms with Crippen molar-refractivity contribution in [2.45, 2.75) is 45.4 Å². The molecule has 1 aromatic heterocycles. The van der Waals surface area contributed by atoms with Crippen LogP contribution in [0.15, 0.2) is 23.2 Å². The molecule has 0 aliphatic carbocycles. The van der Waals surface area contributed by atoms with Crippen LogP contribution >= 0.6 is 0 Å². The van der Waals surface area contributed by atoms with E-state index in [1.54, 1.807) is 0 Å². The molecule has 1 heterocycles. The van der Waals surface area contributed by atoms with E-state index in [1.165, 1.54) is 25.7 Å². The van der Waals surface area contributed by atoms with Gasteiger partial charge in [0.2, 0.25) is 0 Å². The summed E-state index contributed by atoms with van der Waals surface area (Å²) in [5.41, 5.74) is 0.978. The summed E-state index contributed by atoms with van der Waals surface area (Å²) in [6.45, 7) is 5.66. The molecule has 2 nitrogen and oxygen atoms in total. The summed E-state index contributed by atoms with van der Waals surface area (Å²) in [6, 6.07) is 2.02. The van der Waals surface area contributed by atoms with Gasteiger partial charge in [0.05, 0.1) is 5.69 Å². The van der Waals surface area contributed by atoms with Gasteiger partial charge in [-0.3, -0.25) is 0 Å². The Morgan fingerprint density at radius 2 is 2.14 bits per heavy atom. The van der Waals surface area contributed by atoms with E-state index in [2.05, 4.69) is 11.7 Å². The molecule has 0 saturated carbocycles. The molecular weight excluding hydrogens is 174 g/mol. The first-order chi connectivity index (χ1) is 6.83. The quantitative estimate of drug-likeness (QED) is 0.488. The minimum atomic E-state index is 0.978. The third kappa shape index (κ3) is 4.26. The monoisotopic (exact) mass is 193 g/mol. The molecule has 1 rings (SSSR count). The molecular formula is C12H19NO. The van der Waals surface area contributed by atoms with Gasteiger partial charge >= 0.3 is 0 Å².